The summed E-state index contributed by atoms with van der Waals surface area (Å²) in [5, 5.41) is 10.5. The molecule has 18 heteroatoms. The molecule has 1 heterocycles. The van der Waals surface area contributed by atoms with E-state index < -0.39 is 75.1 Å². The second kappa shape index (κ2) is 21.6. The zero-order valence-corrected chi connectivity index (χ0v) is 45.4. The zero-order valence-electron chi connectivity index (χ0n) is 41.4. The molecule has 1 saturated heterocycles. The summed E-state index contributed by atoms with van der Waals surface area (Å²) in [6, 6.07) is 5.13. The number of rotatable bonds is 21. The van der Waals surface area contributed by atoms with Crippen LogP contribution in [0.15, 0.2) is 24.3 Å². The highest BCUT2D eigenvalue weighted by Gasteiger charge is 2.58. The first-order valence-electron chi connectivity index (χ1n) is 21.7. The van der Waals surface area contributed by atoms with Gasteiger partial charge in [0.05, 0.1) is 44.6 Å². The van der Waals surface area contributed by atoms with Gasteiger partial charge < -0.3 is 46.1 Å². The van der Waals surface area contributed by atoms with Gasteiger partial charge in [-0.3, -0.25) is 10.1 Å². The molecule has 1 aromatic rings. The van der Waals surface area contributed by atoms with Gasteiger partial charge in [-0.05, 0) is 84.7 Å². The quantitative estimate of drug-likeness (QED) is 0.0287. The summed E-state index contributed by atoms with van der Waals surface area (Å²) in [5.41, 5.74) is -0.107. The highest BCUT2D eigenvalue weighted by molar-refractivity contribution is 6.75. The molecule has 0 aromatic heterocycles. The Kier molecular flexibility index (Phi) is 19.7. The molecule has 1 aliphatic heterocycles. The molecule has 0 radical (unpaired) electrons. The Morgan fingerprint density at radius 2 is 0.951 bits per heavy atom. The lowest BCUT2D eigenvalue weighted by Crippen LogP contribution is -2.69. The van der Waals surface area contributed by atoms with Gasteiger partial charge in [0, 0.05) is 12.1 Å². The van der Waals surface area contributed by atoms with Crippen LogP contribution >= 0.6 is 0 Å². The van der Waals surface area contributed by atoms with Crippen molar-refractivity contribution in [1.29, 1.82) is 0 Å². The standard InChI is InChI=1S/C43H83NO13Si4/c1-40(2,3)58(13,14)54-35-34(31-50-28-27-48-25-26-49-29-30-51-39(45)52-33-23-21-32(22-24-33)44(46)47)53-38(57-61(19,20)43(10,11)12)37(56-60(17,18)42(7,8)9)36(35)55-59(15,16)41(4,5)6/h21-24,34-38H,25-31H2,1-20H3/t34-,35-,36+,37+,38?/m1/s1. The molecule has 2 rings (SSSR count). The van der Waals surface area contributed by atoms with Crippen LogP contribution in [-0.4, -0.2) is 121 Å². The van der Waals surface area contributed by atoms with Crippen molar-refractivity contribution in [1.82, 2.24) is 0 Å². The predicted octanol–water partition coefficient (Wildman–Crippen LogP) is 11.1. The lowest BCUT2D eigenvalue weighted by molar-refractivity contribution is -0.384. The van der Waals surface area contributed by atoms with Crippen molar-refractivity contribution in [3.63, 3.8) is 0 Å². The lowest BCUT2D eigenvalue weighted by atomic mass is 9.99. The van der Waals surface area contributed by atoms with Crippen LogP contribution in [-0.2, 0) is 41.4 Å². The fourth-order valence-electron chi connectivity index (χ4n) is 5.11. The molecule has 0 spiro atoms. The van der Waals surface area contributed by atoms with Crippen LogP contribution in [0.25, 0.3) is 0 Å². The van der Waals surface area contributed by atoms with E-state index >= 15 is 0 Å². The minimum atomic E-state index is -2.42. The lowest BCUT2D eigenvalue weighted by Gasteiger charge is -2.55. The second-order valence-corrected chi connectivity index (χ2v) is 41.2. The molecule has 0 bridgehead atoms. The first kappa shape index (κ1) is 55.6. The maximum absolute atomic E-state index is 12.0. The fourth-order valence-corrected chi connectivity index (χ4v) is 10.1. The molecule has 61 heavy (non-hydrogen) atoms. The van der Waals surface area contributed by atoms with Crippen molar-refractivity contribution in [2.75, 3.05) is 46.2 Å². The van der Waals surface area contributed by atoms with E-state index in [1.54, 1.807) is 0 Å². The Bertz CT molecular complexity index is 1530. The Labute approximate surface area is 372 Å². The zero-order chi connectivity index (χ0) is 47.0. The van der Waals surface area contributed by atoms with Gasteiger partial charge in [0.25, 0.3) is 5.69 Å². The highest BCUT2D eigenvalue weighted by Crippen LogP contribution is 2.47. The van der Waals surface area contributed by atoms with Crippen molar-refractivity contribution in [3.8, 4) is 5.75 Å². The van der Waals surface area contributed by atoms with Crippen molar-refractivity contribution < 1.29 is 55.8 Å². The summed E-state index contributed by atoms with van der Waals surface area (Å²) in [5.74, 6) is 0.138. The third-order valence-electron chi connectivity index (χ3n) is 13.2. The normalized spacial score (nSPS) is 21.3. The first-order valence-corrected chi connectivity index (χ1v) is 33.4. The third kappa shape index (κ3) is 16.4. The smallest absolute Gasteiger partial charge is 0.432 e. The van der Waals surface area contributed by atoms with Gasteiger partial charge >= 0.3 is 6.16 Å². The summed E-state index contributed by atoms with van der Waals surface area (Å²) in [4.78, 5) is 22.2. The van der Waals surface area contributed by atoms with E-state index in [1.165, 1.54) is 24.3 Å². The van der Waals surface area contributed by atoms with Gasteiger partial charge in [-0.1, -0.05) is 83.1 Å². The maximum Gasteiger partial charge on any atom is 0.513 e. The molecule has 14 nitrogen and oxygen atoms in total. The van der Waals surface area contributed by atoms with E-state index in [2.05, 4.69) is 135 Å². The van der Waals surface area contributed by atoms with Crippen molar-refractivity contribution in [2.45, 2.75) is 186 Å². The van der Waals surface area contributed by atoms with Crippen LogP contribution in [0, 0.1) is 10.1 Å². The average molecular weight is 934 g/mol. The van der Waals surface area contributed by atoms with E-state index in [9.17, 15) is 14.9 Å². The van der Waals surface area contributed by atoms with Gasteiger partial charge in [0.1, 0.15) is 36.8 Å². The summed E-state index contributed by atoms with van der Waals surface area (Å²) < 4.78 is 64.5. The number of ether oxygens (including phenoxy) is 6. The molecule has 1 aromatic carbocycles. The number of carbonyl (C=O) groups excluding carboxylic acids is 1. The number of hydrogen-bond acceptors (Lipinski definition) is 13. The van der Waals surface area contributed by atoms with E-state index in [4.69, 9.17) is 46.1 Å². The molecular weight excluding hydrogens is 851 g/mol. The maximum atomic E-state index is 12.0. The molecular formula is C43H83NO13Si4. The summed E-state index contributed by atoms with van der Waals surface area (Å²) in [6.45, 7) is 46.8. The predicted molar refractivity (Wildman–Crippen MR) is 251 cm³/mol. The largest absolute Gasteiger partial charge is 0.513 e. The number of nitrogens with zero attached hydrogens (tertiary/aromatic N) is 1. The molecule has 0 aliphatic carbocycles. The highest BCUT2D eigenvalue weighted by atomic mass is 28.4. The first-order chi connectivity index (χ1) is 27.5. The molecule has 1 aliphatic rings. The van der Waals surface area contributed by atoms with E-state index in [1.807, 2.05) is 0 Å². The third-order valence-corrected chi connectivity index (χ3v) is 31.1. The molecule has 0 amide bonds. The Hall–Kier alpha value is -1.56. The Morgan fingerprint density at radius 1 is 0.574 bits per heavy atom. The fraction of sp³-hybridized carbons (Fsp3) is 0.837. The van der Waals surface area contributed by atoms with Crippen molar-refractivity contribution in [3.05, 3.63) is 34.4 Å². The minimum Gasteiger partial charge on any atom is -0.432 e. The number of non-ortho nitro benzene ring substituents is 1. The number of hydrogen-bond donors (Lipinski definition) is 0. The van der Waals surface area contributed by atoms with Crippen LogP contribution < -0.4 is 4.74 Å². The van der Waals surface area contributed by atoms with E-state index in [0.29, 0.717) is 19.8 Å². The monoisotopic (exact) mass is 933 g/mol. The molecule has 0 N–H and O–H groups in total. The number of carbonyl (C=O) groups is 1. The van der Waals surface area contributed by atoms with Gasteiger partial charge in [-0.25, -0.2) is 4.79 Å². The number of benzene rings is 1. The van der Waals surface area contributed by atoms with E-state index in [-0.39, 0.29) is 58.0 Å². The van der Waals surface area contributed by atoms with Crippen LogP contribution in [0.1, 0.15) is 83.1 Å². The Balaban J connectivity index is 2.24. The van der Waals surface area contributed by atoms with Crippen LogP contribution in [0.3, 0.4) is 0 Å². The summed E-state index contributed by atoms with van der Waals surface area (Å²) in [6.07, 6.45) is -3.61. The Morgan fingerprint density at radius 3 is 1.38 bits per heavy atom. The molecule has 0 saturated carbocycles. The molecule has 5 atom stereocenters. The van der Waals surface area contributed by atoms with Gasteiger partial charge in [0.15, 0.2) is 39.6 Å². The minimum absolute atomic E-state index is 0.0313. The average Bonchev–Trinajstić information content (AvgIpc) is 3.08. The summed E-state index contributed by atoms with van der Waals surface area (Å²) >= 11 is 0. The SMILES string of the molecule is CC(C)(C)[Si](C)(C)OC1O[C@H](COCCOCCOCCOC(=O)Oc2ccc([N+](=O)[O-])cc2)[C@@H](O[Si](C)(C)C(C)(C)C)[C@H](O[Si](C)(C)C(C)(C)C)[C@@H]1O[Si](C)(C)C(C)(C)C. The number of nitro benzene ring substituents is 1. The van der Waals surface area contributed by atoms with Crippen molar-refractivity contribution >= 4 is 45.1 Å². The van der Waals surface area contributed by atoms with E-state index in [0.717, 1.165) is 0 Å². The molecule has 354 valence electrons. The topological polar surface area (TPSA) is 153 Å². The summed E-state index contributed by atoms with van der Waals surface area (Å²) in [7, 11) is -9.61. The molecule has 1 unspecified atom stereocenters. The molecule has 1 fully saturated rings. The van der Waals surface area contributed by atoms with Crippen LogP contribution in [0.2, 0.25) is 72.5 Å². The van der Waals surface area contributed by atoms with Gasteiger partial charge in [-0.2, -0.15) is 0 Å². The van der Waals surface area contributed by atoms with Gasteiger partial charge in [0.2, 0.25) is 0 Å². The second-order valence-electron chi connectivity index (χ2n) is 22.2. The van der Waals surface area contributed by atoms with Crippen molar-refractivity contribution in [2.24, 2.45) is 0 Å². The number of nitro groups is 1. The van der Waals surface area contributed by atoms with Crippen LogP contribution in [0.5, 0.6) is 5.75 Å². The van der Waals surface area contributed by atoms with Gasteiger partial charge in [-0.15, -0.1) is 0 Å². The van der Waals surface area contributed by atoms with Crippen LogP contribution in [0.4, 0.5) is 10.5 Å².